The fraction of sp³-hybridized carbons (Fsp3) is 0.333. The summed E-state index contributed by atoms with van der Waals surface area (Å²) in [6.07, 6.45) is 1.00. The minimum Gasteiger partial charge on any atom is -0.493 e. The lowest BCUT2D eigenvalue weighted by molar-refractivity contribution is 0.322. The van der Waals surface area contributed by atoms with Crippen LogP contribution in [0.4, 0.5) is 0 Å². The molecule has 1 aromatic heterocycles. The van der Waals surface area contributed by atoms with Crippen molar-refractivity contribution in [1.82, 2.24) is 10.3 Å². The van der Waals surface area contributed by atoms with Crippen molar-refractivity contribution in [3.05, 3.63) is 53.2 Å². The number of methoxy groups -OCH3 is 3. The van der Waals surface area contributed by atoms with E-state index in [0.717, 1.165) is 12.0 Å². The van der Waals surface area contributed by atoms with Gasteiger partial charge in [-0.15, -0.1) is 0 Å². The van der Waals surface area contributed by atoms with Gasteiger partial charge < -0.3 is 24.5 Å². The van der Waals surface area contributed by atoms with E-state index in [1.807, 2.05) is 12.1 Å². The number of nitrogens with one attached hydrogen (secondary N) is 2. The van der Waals surface area contributed by atoms with Crippen molar-refractivity contribution in [2.75, 3.05) is 21.3 Å². The predicted molar refractivity (Wildman–Crippen MR) is 103 cm³/mol. The maximum atomic E-state index is 5.54. The third kappa shape index (κ3) is 2.59. The van der Waals surface area contributed by atoms with Crippen LogP contribution >= 0.6 is 0 Å². The second kappa shape index (κ2) is 6.57. The minimum atomic E-state index is 0.0369. The van der Waals surface area contributed by atoms with Crippen LogP contribution in [0.1, 0.15) is 29.8 Å². The van der Waals surface area contributed by atoms with E-state index in [0.29, 0.717) is 23.3 Å². The van der Waals surface area contributed by atoms with Crippen LogP contribution in [0.15, 0.2) is 36.4 Å². The molecule has 0 fully saturated rings. The summed E-state index contributed by atoms with van der Waals surface area (Å²) in [5.74, 6) is 1.94. The van der Waals surface area contributed by atoms with E-state index in [9.17, 15) is 0 Å². The Labute approximate surface area is 153 Å². The highest BCUT2D eigenvalue weighted by Crippen LogP contribution is 2.42. The van der Waals surface area contributed by atoms with Crippen molar-refractivity contribution in [1.29, 1.82) is 0 Å². The van der Waals surface area contributed by atoms with E-state index in [2.05, 4.69) is 41.5 Å². The summed E-state index contributed by atoms with van der Waals surface area (Å²) >= 11 is 0. The molecular formula is C21H24N2O3. The van der Waals surface area contributed by atoms with Crippen molar-refractivity contribution in [3.8, 4) is 17.2 Å². The molecule has 5 heteroatoms. The summed E-state index contributed by atoms with van der Waals surface area (Å²) in [5, 5.41) is 5.01. The van der Waals surface area contributed by atoms with Gasteiger partial charge in [0.15, 0.2) is 11.5 Å². The molecule has 26 heavy (non-hydrogen) atoms. The number of H-pyrrole nitrogens is 1. The van der Waals surface area contributed by atoms with Gasteiger partial charge in [0.1, 0.15) is 0 Å². The first-order chi connectivity index (χ1) is 12.7. The van der Waals surface area contributed by atoms with Crippen LogP contribution in [0, 0.1) is 0 Å². The Morgan fingerprint density at radius 3 is 2.31 bits per heavy atom. The van der Waals surface area contributed by atoms with Gasteiger partial charge in [-0.25, -0.2) is 0 Å². The van der Waals surface area contributed by atoms with Gasteiger partial charge in [-0.3, -0.25) is 0 Å². The summed E-state index contributed by atoms with van der Waals surface area (Å²) in [6.45, 7) is 2.22. The average Bonchev–Trinajstić information content (AvgIpc) is 3.04. The van der Waals surface area contributed by atoms with E-state index >= 15 is 0 Å². The highest BCUT2D eigenvalue weighted by atomic mass is 16.5. The monoisotopic (exact) mass is 352 g/mol. The Hall–Kier alpha value is -2.66. The molecule has 0 aliphatic carbocycles. The Morgan fingerprint density at radius 2 is 1.65 bits per heavy atom. The fourth-order valence-electron chi connectivity index (χ4n) is 3.95. The van der Waals surface area contributed by atoms with Crippen LogP contribution in [-0.2, 0) is 6.42 Å². The SMILES string of the molecule is COc1cc([C@@H]2N[C@H](C)Cc3c2[nH]c2ccccc32)cc(OC)c1OC. The largest absolute Gasteiger partial charge is 0.493 e. The lowest BCUT2D eigenvalue weighted by Crippen LogP contribution is -2.37. The van der Waals surface area contributed by atoms with Gasteiger partial charge in [-0.05, 0) is 42.7 Å². The van der Waals surface area contributed by atoms with Gasteiger partial charge in [0.05, 0.1) is 27.4 Å². The fourth-order valence-corrected chi connectivity index (χ4v) is 3.95. The summed E-state index contributed by atoms with van der Waals surface area (Å²) in [4.78, 5) is 3.61. The van der Waals surface area contributed by atoms with Crippen LogP contribution in [-0.4, -0.2) is 32.4 Å². The molecule has 3 aromatic rings. The molecule has 1 aliphatic rings. The van der Waals surface area contributed by atoms with Crippen LogP contribution in [0.3, 0.4) is 0 Å². The number of benzene rings is 2. The molecule has 2 atom stereocenters. The highest BCUT2D eigenvalue weighted by Gasteiger charge is 2.30. The van der Waals surface area contributed by atoms with Crippen molar-refractivity contribution < 1.29 is 14.2 Å². The minimum absolute atomic E-state index is 0.0369. The normalized spacial score (nSPS) is 19.2. The number of aromatic nitrogens is 1. The zero-order valence-corrected chi connectivity index (χ0v) is 15.6. The second-order valence-corrected chi connectivity index (χ2v) is 6.73. The Balaban J connectivity index is 1.89. The number of hydrogen-bond acceptors (Lipinski definition) is 4. The summed E-state index contributed by atoms with van der Waals surface area (Å²) < 4.78 is 16.5. The standard InChI is InChI=1S/C21H24N2O3/c1-12-9-15-14-7-5-6-8-16(14)23-20(15)19(22-12)13-10-17(24-2)21(26-4)18(11-13)25-3/h5-8,10-12,19,22-23H,9H2,1-4H3/t12-,19+/m1/s1. The molecule has 0 unspecified atom stereocenters. The molecule has 0 radical (unpaired) electrons. The van der Waals surface area contributed by atoms with Gasteiger partial charge in [0, 0.05) is 22.6 Å². The van der Waals surface area contributed by atoms with Crippen LogP contribution in [0.2, 0.25) is 0 Å². The lowest BCUT2D eigenvalue weighted by atomic mass is 9.90. The number of rotatable bonds is 4. The van der Waals surface area contributed by atoms with Crippen molar-refractivity contribution >= 4 is 10.9 Å². The quantitative estimate of drug-likeness (QED) is 0.750. The van der Waals surface area contributed by atoms with Gasteiger partial charge in [0.25, 0.3) is 0 Å². The average molecular weight is 352 g/mol. The molecule has 2 heterocycles. The van der Waals surface area contributed by atoms with Gasteiger partial charge >= 0.3 is 0 Å². The number of hydrogen-bond donors (Lipinski definition) is 2. The highest BCUT2D eigenvalue weighted by molar-refractivity contribution is 5.85. The van der Waals surface area contributed by atoms with Crippen molar-refractivity contribution in [2.45, 2.75) is 25.4 Å². The predicted octanol–water partition coefficient (Wildman–Crippen LogP) is 3.82. The van der Waals surface area contributed by atoms with Crippen LogP contribution in [0.5, 0.6) is 17.2 Å². The number of aromatic amines is 1. The van der Waals surface area contributed by atoms with Crippen molar-refractivity contribution in [3.63, 3.8) is 0 Å². The first kappa shape index (κ1) is 16.8. The summed E-state index contributed by atoms with van der Waals surface area (Å²) in [7, 11) is 4.91. The molecule has 5 nitrogen and oxygen atoms in total. The first-order valence-electron chi connectivity index (χ1n) is 8.81. The van der Waals surface area contributed by atoms with Gasteiger partial charge in [0.2, 0.25) is 5.75 Å². The topological polar surface area (TPSA) is 55.5 Å². The molecule has 0 amide bonds. The second-order valence-electron chi connectivity index (χ2n) is 6.73. The first-order valence-corrected chi connectivity index (χ1v) is 8.81. The van der Waals surface area contributed by atoms with E-state index < -0.39 is 0 Å². The number of para-hydroxylation sites is 1. The maximum Gasteiger partial charge on any atom is 0.203 e. The van der Waals surface area contributed by atoms with E-state index in [-0.39, 0.29) is 6.04 Å². The third-order valence-corrected chi connectivity index (χ3v) is 5.12. The third-order valence-electron chi connectivity index (χ3n) is 5.12. The molecule has 0 bridgehead atoms. The molecule has 0 saturated heterocycles. The molecule has 2 aromatic carbocycles. The number of fused-ring (bicyclic) bond motifs is 3. The molecule has 136 valence electrons. The number of ether oxygens (including phenoxy) is 3. The van der Waals surface area contributed by atoms with Crippen molar-refractivity contribution in [2.24, 2.45) is 0 Å². The smallest absolute Gasteiger partial charge is 0.203 e. The van der Waals surface area contributed by atoms with E-state index in [1.165, 1.54) is 22.2 Å². The molecule has 0 saturated carbocycles. The Morgan fingerprint density at radius 1 is 0.962 bits per heavy atom. The zero-order chi connectivity index (χ0) is 18.3. The lowest BCUT2D eigenvalue weighted by Gasteiger charge is -2.30. The van der Waals surface area contributed by atoms with Crippen LogP contribution in [0.25, 0.3) is 10.9 Å². The van der Waals surface area contributed by atoms with E-state index in [4.69, 9.17) is 14.2 Å². The maximum absolute atomic E-state index is 5.54. The van der Waals surface area contributed by atoms with E-state index in [1.54, 1.807) is 21.3 Å². The van der Waals surface area contributed by atoms with Gasteiger partial charge in [-0.2, -0.15) is 0 Å². The molecule has 2 N–H and O–H groups in total. The van der Waals surface area contributed by atoms with Crippen LogP contribution < -0.4 is 19.5 Å². The molecule has 4 rings (SSSR count). The Kier molecular flexibility index (Phi) is 4.24. The zero-order valence-electron chi connectivity index (χ0n) is 15.6. The molecular weight excluding hydrogens is 328 g/mol. The summed E-state index contributed by atoms with van der Waals surface area (Å²) in [5.41, 5.74) is 4.84. The molecule has 0 spiro atoms. The Bertz CT molecular complexity index is 923. The molecule has 1 aliphatic heterocycles. The van der Waals surface area contributed by atoms with Gasteiger partial charge in [-0.1, -0.05) is 18.2 Å². The summed E-state index contributed by atoms with van der Waals surface area (Å²) in [6, 6.07) is 12.9.